The van der Waals surface area contributed by atoms with Gasteiger partial charge in [0.05, 0.1) is 35.6 Å². The molecule has 0 spiro atoms. The molecule has 1 aliphatic rings. The number of ether oxygens (including phenoxy) is 2. The molecule has 0 bridgehead atoms. The Bertz CT molecular complexity index is 1580. The number of carbonyl (C=O) groups is 1. The van der Waals surface area contributed by atoms with Gasteiger partial charge >= 0.3 is 5.97 Å². The fourth-order valence-electron chi connectivity index (χ4n) is 4.07. The number of thiazole rings is 1. The van der Waals surface area contributed by atoms with Crippen molar-refractivity contribution in [2.24, 2.45) is 4.99 Å². The average molecular weight is 503 g/mol. The molecular weight excluding hydrogens is 480 g/mol. The SMILES string of the molecule is CCOC(=O)C1=C(c2ccccc2)N=c2s/c(=C\c3cccs3)c(=O)n2[C@H]1c1cccc(OC)c1. The number of thiophene rings is 1. The van der Waals surface area contributed by atoms with Crippen LogP contribution in [-0.4, -0.2) is 24.3 Å². The Morgan fingerprint density at radius 1 is 1.11 bits per heavy atom. The third-order valence-electron chi connectivity index (χ3n) is 5.60. The molecule has 35 heavy (non-hydrogen) atoms. The number of hydrogen-bond donors (Lipinski definition) is 0. The number of hydrogen-bond acceptors (Lipinski definition) is 7. The van der Waals surface area contributed by atoms with Gasteiger partial charge < -0.3 is 9.47 Å². The van der Waals surface area contributed by atoms with Crippen LogP contribution in [0.15, 0.2) is 87.5 Å². The van der Waals surface area contributed by atoms with Gasteiger partial charge in [0.1, 0.15) is 5.75 Å². The van der Waals surface area contributed by atoms with Crippen molar-refractivity contribution in [3.63, 3.8) is 0 Å². The summed E-state index contributed by atoms with van der Waals surface area (Å²) in [5.74, 6) is 0.125. The van der Waals surface area contributed by atoms with E-state index in [1.807, 2.05) is 78.2 Å². The van der Waals surface area contributed by atoms with Crippen LogP contribution in [0, 0.1) is 0 Å². The van der Waals surface area contributed by atoms with E-state index in [9.17, 15) is 9.59 Å². The number of aromatic nitrogens is 1. The van der Waals surface area contributed by atoms with Crippen molar-refractivity contribution >= 4 is 40.4 Å². The molecule has 0 saturated heterocycles. The summed E-state index contributed by atoms with van der Waals surface area (Å²) in [6, 6.07) is 20.1. The molecule has 0 radical (unpaired) electrons. The minimum Gasteiger partial charge on any atom is -0.497 e. The van der Waals surface area contributed by atoms with E-state index in [0.29, 0.717) is 26.4 Å². The van der Waals surface area contributed by atoms with E-state index in [0.717, 1.165) is 16.0 Å². The van der Waals surface area contributed by atoms with Crippen molar-refractivity contribution < 1.29 is 14.3 Å². The van der Waals surface area contributed by atoms with E-state index in [1.165, 1.54) is 11.3 Å². The topological polar surface area (TPSA) is 69.9 Å². The number of rotatable bonds is 6. The van der Waals surface area contributed by atoms with Crippen LogP contribution in [0.1, 0.15) is 29.0 Å². The minimum absolute atomic E-state index is 0.205. The summed E-state index contributed by atoms with van der Waals surface area (Å²) in [7, 11) is 1.59. The molecule has 0 saturated carbocycles. The second-order valence-corrected chi connectivity index (χ2v) is 9.71. The summed E-state index contributed by atoms with van der Waals surface area (Å²) in [6.07, 6.45) is 1.87. The van der Waals surface area contributed by atoms with Crippen LogP contribution < -0.4 is 19.6 Å². The maximum atomic E-state index is 13.7. The maximum absolute atomic E-state index is 13.7. The standard InChI is InChI=1S/C27H22N2O4S2/c1-3-33-26(31)22-23(17-9-5-4-6-10-17)28-27-29(24(22)18-11-7-12-19(15-18)32-2)25(30)21(35-27)16-20-13-8-14-34-20/h4-16,24H,3H2,1-2H3/b21-16-/t24-/m0/s1. The molecule has 0 unspecified atom stereocenters. The Balaban J connectivity index is 1.85. The average Bonchev–Trinajstić information content (AvgIpc) is 3.51. The summed E-state index contributed by atoms with van der Waals surface area (Å²) >= 11 is 2.87. The van der Waals surface area contributed by atoms with Crippen LogP contribution in [0.4, 0.5) is 0 Å². The molecule has 0 fully saturated rings. The molecule has 176 valence electrons. The van der Waals surface area contributed by atoms with E-state index < -0.39 is 12.0 Å². The summed E-state index contributed by atoms with van der Waals surface area (Å²) in [4.78, 5) is 33.5. The van der Waals surface area contributed by atoms with E-state index in [1.54, 1.807) is 29.9 Å². The Kier molecular flexibility index (Phi) is 6.48. The summed E-state index contributed by atoms with van der Waals surface area (Å²) in [6.45, 7) is 1.97. The number of methoxy groups -OCH3 is 1. The highest BCUT2D eigenvalue weighted by Crippen LogP contribution is 2.36. The molecule has 2 aromatic heterocycles. The lowest BCUT2D eigenvalue weighted by molar-refractivity contribution is -0.138. The molecule has 5 rings (SSSR count). The van der Waals surface area contributed by atoms with Gasteiger partial charge in [-0.1, -0.05) is 59.9 Å². The van der Waals surface area contributed by atoms with E-state index in [-0.39, 0.29) is 12.2 Å². The van der Waals surface area contributed by atoms with Gasteiger partial charge in [-0.2, -0.15) is 0 Å². The van der Waals surface area contributed by atoms with Gasteiger partial charge in [-0.25, -0.2) is 9.79 Å². The zero-order valence-corrected chi connectivity index (χ0v) is 20.8. The van der Waals surface area contributed by atoms with Crippen LogP contribution >= 0.6 is 22.7 Å². The molecule has 3 heterocycles. The van der Waals surface area contributed by atoms with Crippen LogP contribution in [0.3, 0.4) is 0 Å². The molecule has 0 amide bonds. The first-order valence-corrected chi connectivity index (χ1v) is 12.8. The number of esters is 1. The number of carbonyl (C=O) groups excluding carboxylic acids is 1. The number of benzene rings is 2. The monoisotopic (exact) mass is 502 g/mol. The van der Waals surface area contributed by atoms with Crippen LogP contribution in [0.2, 0.25) is 0 Å². The summed E-state index contributed by atoms with van der Waals surface area (Å²) < 4.78 is 13.1. The third-order valence-corrected chi connectivity index (χ3v) is 7.40. The third kappa shape index (κ3) is 4.38. The van der Waals surface area contributed by atoms with Crippen LogP contribution in [0.25, 0.3) is 11.8 Å². The Hall–Kier alpha value is -3.75. The Morgan fingerprint density at radius 2 is 1.94 bits per heavy atom. The molecule has 0 N–H and O–H groups in total. The largest absolute Gasteiger partial charge is 0.497 e. The van der Waals surface area contributed by atoms with Crippen molar-refractivity contribution in [2.75, 3.05) is 13.7 Å². The van der Waals surface area contributed by atoms with Gasteiger partial charge in [0.25, 0.3) is 5.56 Å². The predicted molar refractivity (Wildman–Crippen MR) is 138 cm³/mol. The highest BCUT2D eigenvalue weighted by molar-refractivity contribution is 7.11. The molecule has 2 aromatic carbocycles. The molecule has 8 heteroatoms. The quantitative estimate of drug-likeness (QED) is 0.374. The fourth-order valence-corrected chi connectivity index (χ4v) is 5.79. The highest BCUT2D eigenvalue weighted by Gasteiger charge is 2.35. The normalized spacial score (nSPS) is 15.5. The van der Waals surface area contributed by atoms with Crippen molar-refractivity contribution in [3.8, 4) is 5.75 Å². The van der Waals surface area contributed by atoms with Gasteiger partial charge in [0, 0.05) is 10.4 Å². The predicted octanol–water partition coefficient (Wildman–Crippen LogP) is 4.01. The smallest absolute Gasteiger partial charge is 0.338 e. The molecule has 4 aromatic rings. The first kappa shape index (κ1) is 23.0. The maximum Gasteiger partial charge on any atom is 0.338 e. The lowest BCUT2D eigenvalue weighted by Crippen LogP contribution is -2.40. The molecule has 6 nitrogen and oxygen atoms in total. The molecule has 1 atom stereocenters. The minimum atomic E-state index is -0.721. The Labute approximate surface area is 209 Å². The summed E-state index contributed by atoms with van der Waals surface area (Å²) in [5, 5.41) is 1.97. The van der Waals surface area contributed by atoms with Crippen molar-refractivity contribution in [1.29, 1.82) is 0 Å². The van der Waals surface area contributed by atoms with Gasteiger partial charge in [-0.15, -0.1) is 11.3 Å². The number of fused-ring (bicyclic) bond motifs is 1. The zero-order valence-electron chi connectivity index (χ0n) is 19.1. The molecule has 1 aliphatic heterocycles. The zero-order chi connectivity index (χ0) is 24.4. The first-order chi connectivity index (χ1) is 17.1. The van der Waals surface area contributed by atoms with Crippen molar-refractivity contribution in [1.82, 2.24) is 4.57 Å². The van der Waals surface area contributed by atoms with Gasteiger partial charge in [-0.3, -0.25) is 9.36 Å². The van der Waals surface area contributed by atoms with Crippen molar-refractivity contribution in [3.05, 3.63) is 113 Å². The van der Waals surface area contributed by atoms with Gasteiger partial charge in [0.2, 0.25) is 0 Å². The van der Waals surface area contributed by atoms with E-state index in [2.05, 4.69) is 0 Å². The second kappa shape index (κ2) is 9.85. The summed E-state index contributed by atoms with van der Waals surface area (Å²) in [5.41, 5.74) is 2.13. The van der Waals surface area contributed by atoms with Crippen molar-refractivity contribution in [2.45, 2.75) is 13.0 Å². The lowest BCUT2D eigenvalue weighted by atomic mass is 9.93. The molecule has 0 aliphatic carbocycles. The highest BCUT2D eigenvalue weighted by atomic mass is 32.1. The fraction of sp³-hybridized carbons (Fsp3) is 0.148. The second-order valence-electron chi connectivity index (χ2n) is 7.72. The van der Waals surface area contributed by atoms with Gasteiger partial charge in [0.15, 0.2) is 4.80 Å². The Morgan fingerprint density at radius 3 is 2.66 bits per heavy atom. The van der Waals surface area contributed by atoms with Crippen LogP contribution in [-0.2, 0) is 9.53 Å². The lowest BCUT2D eigenvalue weighted by Gasteiger charge is -2.26. The van der Waals surface area contributed by atoms with Gasteiger partial charge in [-0.05, 0) is 42.1 Å². The number of nitrogens with zero attached hydrogens (tertiary/aromatic N) is 2. The van der Waals surface area contributed by atoms with E-state index >= 15 is 0 Å². The first-order valence-electron chi connectivity index (χ1n) is 11.1. The van der Waals surface area contributed by atoms with Crippen LogP contribution in [0.5, 0.6) is 5.75 Å². The molecular formula is C27H22N2O4S2. The van der Waals surface area contributed by atoms with E-state index in [4.69, 9.17) is 14.5 Å².